The summed E-state index contributed by atoms with van der Waals surface area (Å²) in [5.74, 6) is -0.269. The monoisotopic (exact) mass is 307 g/mol. The first-order valence-corrected chi connectivity index (χ1v) is 7.32. The first-order chi connectivity index (χ1) is 10.2. The average Bonchev–Trinajstić information content (AvgIpc) is 2.49. The van der Waals surface area contributed by atoms with Crippen molar-refractivity contribution >= 4 is 11.6 Å². The third-order valence-corrected chi connectivity index (χ3v) is 3.63. The molecular weight excluding hydrogens is 289 g/mol. The molecule has 0 bridgehead atoms. The van der Waals surface area contributed by atoms with Gasteiger partial charge in [-0.3, -0.25) is 9.88 Å². The number of halogens is 2. The number of hydrogen-bond donors (Lipinski definition) is 1. The van der Waals surface area contributed by atoms with Crippen LogP contribution < -0.4 is 5.73 Å². The molecule has 0 aliphatic carbocycles. The molecule has 0 amide bonds. The predicted octanol–water partition coefficient (Wildman–Crippen LogP) is 3.23. The minimum atomic E-state index is -0.269. The van der Waals surface area contributed by atoms with Gasteiger partial charge < -0.3 is 5.73 Å². The van der Waals surface area contributed by atoms with E-state index in [9.17, 15) is 4.39 Å². The molecule has 1 heterocycles. The highest BCUT2D eigenvalue weighted by Crippen LogP contribution is 2.21. The molecule has 5 heteroatoms. The Morgan fingerprint density at radius 1 is 1.14 bits per heavy atom. The number of hydrogen-bond acceptors (Lipinski definition) is 3. The number of aromatic nitrogens is 1. The van der Waals surface area contributed by atoms with Gasteiger partial charge >= 0.3 is 0 Å². The van der Waals surface area contributed by atoms with Gasteiger partial charge in [-0.05, 0) is 42.8 Å². The molecule has 0 fully saturated rings. The van der Waals surface area contributed by atoms with Crippen LogP contribution in [0.4, 0.5) is 4.39 Å². The van der Waals surface area contributed by atoms with Crippen molar-refractivity contribution < 1.29 is 4.39 Å². The molecule has 0 atom stereocenters. The minimum Gasteiger partial charge on any atom is -0.330 e. The Bertz CT molecular complexity index is 542. The maximum absolute atomic E-state index is 13.9. The van der Waals surface area contributed by atoms with Gasteiger partial charge in [0.25, 0.3) is 0 Å². The minimum absolute atomic E-state index is 0.269. The van der Waals surface area contributed by atoms with Crippen molar-refractivity contribution in [2.75, 3.05) is 13.1 Å². The molecule has 1 aromatic carbocycles. The summed E-state index contributed by atoms with van der Waals surface area (Å²) in [5, 5.41) is 0.461. The molecule has 1 aromatic heterocycles. The van der Waals surface area contributed by atoms with Crippen molar-refractivity contribution in [1.82, 2.24) is 9.88 Å². The molecule has 0 aliphatic rings. The molecule has 0 saturated carbocycles. The molecular formula is C16H19ClFN3. The second-order valence-corrected chi connectivity index (χ2v) is 5.32. The van der Waals surface area contributed by atoms with Crippen molar-refractivity contribution in [3.63, 3.8) is 0 Å². The summed E-state index contributed by atoms with van der Waals surface area (Å²) >= 11 is 6.11. The van der Waals surface area contributed by atoms with E-state index in [0.29, 0.717) is 30.2 Å². The SMILES string of the molecule is NCCCN(Cc1ccncc1)Cc1c(F)cccc1Cl. The fourth-order valence-corrected chi connectivity index (χ4v) is 2.41. The Morgan fingerprint density at radius 3 is 2.57 bits per heavy atom. The summed E-state index contributed by atoms with van der Waals surface area (Å²) in [6.45, 7) is 2.59. The van der Waals surface area contributed by atoms with E-state index in [0.717, 1.165) is 18.5 Å². The first-order valence-electron chi connectivity index (χ1n) is 6.95. The van der Waals surface area contributed by atoms with Crippen LogP contribution in [-0.2, 0) is 13.1 Å². The van der Waals surface area contributed by atoms with Crippen LogP contribution in [0.5, 0.6) is 0 Å². The zero-order valence-corrected chi connectivity index (χ0v) is 12.6. The fourth-order valence-electron chi connectivity index (χ4n) is 2.18. The van der Waals surface area contributed by atoms with Gasteiger partial charge in [0, 0.05) is 42.6 Å². The van der Waals surface area contributed by atoms with Crippen molar-refractivity contribution in [2.45, 2.75) is 19.5 Å². The lowest BCUT2D eigenvalue weighted by Gasteiger charge is -2.23. The van der Waals surface area contributed by atoms with Crippen molar-refractivity contribution in [3.05, 3.63) is 64.7 Å². The molecule has 0 radical (unpaired) electrons. The lowest BCUT2D eigenvalue weighted by Crippen LogP contribution is -2.26. The summed E-state index contributed by atoms with van der Waals surface area (Å²) in [4.78, 5) is 6.15. The smallest absolute Gasteiger partial charge is 0.129 e. The molecule has 112 valence electrons. The zero-order chi connectivity index (χ0) is 15.1. The molecule has 2 N–H and O–H groups in total. The lowest BCUT2D eigenvalue weighted by atomic mass is 10.1. The van der Waals surface area contributed by atoms with Crippen LogP contribution in [0.3, 0.4) is 0 Å². The third-order valence-electron chi connectivity index (χ3n) is 3.28. The van der Waals surface area contributed by atoms with Gasteiger partial charge in [0.05, 0.1) is 0 Å². The molecule has 0 aliphatic heterocycles. The van der Waals surface area contributed by atoms with Crippen LogP contribution in [0.15, 0.2) is 42.7 Å². The highest BCUT2D eigenvalue weighted by atomic mass is 35.5. The van der Waals surface area contributed by atoms with Crippen LogP contribution >= 0.6 is 11.6 Å². The van der Waals surface area contributed by atoms with E-state index in [2.05, 4.69) is 9.88 Å². The van der Waals surface area contributed by atoms with E-state index in [-0.39, 0.29) is 5.82 Å². The van der Waals surface area contributed by atoms with E-state index in [4.69, 9.17) is 17.3 Å². The van der Waals surface area contributed by atoms with Gasteiger partial charge in [0.1, 0.15) is 5.82 Å². The number of nitrogens with two attached hydrogens (primary N) is 1. The maximum Gasteiger partial charge on any atom is 0.129 e. The maximum atomic E-state index is 13.9. The summed E-state index contributed by atoms with van der Waals surface area (Å²) in [6, 6.07) is 8.69. The second kappa shape index (κ2) is 8.08. The van der Waals surface area contributed by atoms with Crippen molar-refractivity contribution in [1.29, 1.82) is 0 Å². The van der Waals surface area contributed by atoms with Gasteiger partial charge in [-0.2, -0.15) is 0 Å². The van der Waals surface area contributed by atoms with Gasteiger partial charge in [-0.25, -0.2) is 4.39 Å². The number of rotatable bonds is 7. The van der Waals surface area contributed by atoms with Gasteiger partial charge in [-0.15, -0.1) is 0 Å². The first kappa shape index (κ1) is 15.9. The molecule has 0 unspecified atom stereocenters. The van der Waals surface area contributed by atoms with E-state index in [1.54, 1.807) is 24.5 Å². The quantitative estimate of drug-likeness (QED) is 0.854. The van der Waals surface area contributed by atoms with Crippen LogP contribution in [0.1, 0.15) is 17.5 Å². The summed E-state index contributed by atoms with van der Waals surface area (Å²) in [6.07, 6.45) is 4.37. The molecule has 21 heavy (non-hydrogen) atoms. The van der Waals surface area contributed by atoms with Gasteiger partial charge in [0.2, 0.25) is 0 Å². The van der Waals surface area contributed by atoms with Gasteiger partial charge in [0.15, 0.2) is 0 Å². The second-order valence-electron chi connectivity index (χ2n) is 4.91. The molecule has 3 nitrogen and oxygen atoms in total. The van der Waals surface area contributed by atoms with E-state index >= 15 is 0 Å². The zero-order valence-electron chi connectivity index (χ0n) is 11.8. The van der Waals surface area contributed by atoms with Crippen LogP contribution in [0, 0.1) is 5.82 Å². The standard InChI is InChI=1S/C16H19ClFN3/c17-15-3-1-4-16(18)14(15)12-21(10-2-7-19)11-13-5-8-20-9-6-13/h1,3-6,8-9H,2,7,10-12,19H2. The van der Waals surface area contributed by atoms with Crippen LogP contribution in [0.25, 0.3) is 0 Å². The van der Waals surface area contributed by atoms with Crippen molar-refractivity contribution in [2.24, 2.45) is 5.73 Å². The summed E-state index contributed by atoms with van der Waals surface area (Å²) < 4.78 is 13.9. The average molecular weight is 308 g/mol. The highest BCUT2D eigenvalue weighted by Gasteiger charge is 2.12. The van der Waals surface area contributed by atoms with E-state index in [1.807, 2.05) is 12.1 Å². The number of pyridine rings is 1. The molecule has 2 rings (SSSR count). The molecule has 0 saturated heterocycles. The lowest BCUT2D eigenvalue weighted by molar-refractivity contribution is 0.251. The topological polar surface area (TPSA) is 42.1 Å². The summed E-state index contributed by atoms with van der Waals surface area (Å²) in [7, 11) is 0. The predicted molar refractivity (Wildman–Crippen MR) is 83.4 cm³/mol. The van der Waals surface area contributed by atoms with Crippen LogP contribution in [0.2, 0.25) is 5.02 Å². The summed E-state index contributed by atoms with van der Waals surface area (Å²) in [5.41, 5.74) is 7.25. The van der Waals surface area contributed by atoms with E-state index < -0.39 is 0 Å². The Morgan fingerprint density at radius 2 is 1.90 bits per heavy atom. The third kappa shape index (κ3) is 4.77. The highest BCUT2D eigenvalue weighted by molar-refractivity contribution is 6.31. The van der Waals surface area contributed by atoms with Gasteiger partial charge in [-0.1, -0.05) is 17.7 Å². The Labute approximate surface area is 129 Å². The van der Waals surface area contributed by atoms with E-state index in [1.165, 1.54) is 6.07 Å². The molecule has 2 aromatic rings. The Kier molecular flexibility index (Phi) is 6.11. The van der Waals surface area contributed by atoms with Crippen LogP contribution in [-0.4, -0.2) is 23.0 Å². The number of benzene rings is 1. The molecule has 0 spiro atoms. The Hall–Kier alpha value is -1.49. The largest absolute Gasteiger partial charge is 0.330 e. The Balaban J connectivity index is 2.12. The fraction of sp³-hybridized carbons (Fsp3) is 0.312. The normalized spacial score (nSPS) is 11.0. The number of nitrogens with zero attached hydrogens (tertiary/aromatic N) is 2. The van der Waals surface area contributed by atoms with Crippen molar-refractivity contribution in [3.8, 4) is 0 Å².